The van der Waals surface area contributed by atoms with Crippen LogP contribution < -0.4 is 5.32 Å². The van der Waals surface area contributed by atoms with Gasteiger partial charge in [0.15, 0.2) is 0 Å². The minimum Gasteiger partial charge on any atom is -0.478 e. The molecule has 0 aliphatic carbocycles. The first-order chi connectivity index (χ1) is 12.9. The molecule has 2 heterocycles. The van der Waals surface area contributed by atoms with E-state index in [0.717, 1.165) is 0 Å². The molecule has 1 atom stereocenters. The molecule has 1 aliphatic rings. The number of halogens is 2. The van der Waals surface area contributed by atoms with E-state index in [9.17, 15) is 23.5 Å². The Morgan fingerprint density at radius 3 is 2.52 bits per heavy atom. The summed E-state index contributed by atoms with van der Waals surface area (Å²) in [5, 5.41) is 12.2. The van der Waals surface area contributed by atoms with Gasteiger partial charge < -0.3 is 15.0 Å². The zero-order valence-corrected chi connectivity index (χ0v) is 13.9. The Kier molecular flexibility index (Phi) is 3.99. The highest BCUT2D eigenvalue weighted by molar-refractivity contribution is 6.04. The molecular formula is C20H14F2N2O3. The summed E-state index contributed by atoms with van der Waals surface area (Å²) in [6.07, 6.45) is 1.43. The van der Waals surface area contributed by atoms with Gasteiger partial charge in [0.05, 0.1) is 11.4 Å². The number of carbonyl (C=O) groups is 2. The zero-order chi connectivity index (χ0) is 19.1. The molecule has 0 bridgehead atoms. The number of nitrogens with zero attached hydrogens (tertiary/aromatic N) is 1. The molecule has 7 heteroatoms. The Bertz CT molecular complexity index is 1060. The van der Waals surface area contributed by atoms with Crippen LogP contribution in [0.25, 0.3) is 5.69 Å². The number of carbonyl (C=O) groups excluding carboxylic acids is 1. The highest BCUT2D eigenvalue weighted by Crippen LogP contribution is 2.41. The van der Waals surface area contributed by atoms with Gasteiger partial charge in [-0.1, -0.05) is 12.1 Å². The molecule has 1 aliphatic heterocycles. The maximum atomic E-state index is 13.8. The summed E-state index contributed by atoms with van der Waals surface area (Å²) >= 11 is 0. The van der Waals surface area contributed by atoms with Crippen LogP contribution in [-0.4, -0.2) is 21.6 Å². The van der Waals surface area contributed by atoms with Crippen LogP contribution in [0.5, 0.6) is 0 Å². The highest BCUT2D eigenvalue weighted by atomic mass is 19.1. The van der Waals surface area contributed by atoms with E-state index < -0.39 is 23.5 Å². The van der Waals surface area contributed by atoms with Crippen molar-refractivity contribution in [2.45, 2.75) is 12.3 Å². The fourth-order valence-corrected chi connectivity index (χ4v) is 3.44. The molecule has 5 nitrogen and oxygen atoms in total. The summed E-state index contributed by atoms with van der Waals surface area (Å²) < 4.78 is 28.7. The molecule has 1 aromatic heterocycles. The third-order valence-corrected chi connectivity index (χ3v) is 4.61. The van der Waals surface area contributed by atoms with Crippen molar-refractivity contribution in [1.29, 1.82) is 0 Å². The maximum absolute atomic E-state index is 13.8. The number of anilines is 1. The zero-order valence-electron chi connectivity index (χ0n) is 13.9. The molecule has 0 spiro atoms. The second-order valence-corrected chi connectivity index (χ2v) is 6.31. The van der Waals surface area contributed by atoms with E-state index >= 15 is 0 Å². The normalized spacial score (nSPS) is 15.9. The minimum atomic E-state index is -1.20. The van der Waals surface area contributed by atoms with E-state index in [-0.39, 0.29) is 23.6 Å². The monoisotopic (exact) mass is 368 g/mol. The van der Waals surface area contributed by atoms with Gasteiger partial charge >= 0.3 is 5.97 Å². The Morgan fingerprint density at radius 2 is 1.85 bits per heavy atom. The van der Waals surface area contributed by atoms with Crippen molar-refractivity contribution in [2.24, 2.45) is 0 Å². The number of aromatic nitrogens is 1. The van der Waals surface area contributed by atoms with Crippen LogP contribution in [0.1, 0.15) is 34.0 Å². The fourth-order valence-electron chi connectivity index (χ4n) is 3.44. The molecule has 0 radical (unpaired) electrons. The number of carboxylic acid groups (broad SMARTS) is 1. The molecule has 136 valence electrons. The highest BCUT2D eigenvalue weighted by Gasteiger charge is 2.34. The van der Waals surface area contributed by atoms with Crippen LogP contribution in [0, 0.1) is 11.6 Å². The van der Waals surface area contributed by atoms with Gasteiger partial charge in [0, 0.05) is 24.2 Å². The van der Waals surface area contributed by atoms with Gasteiger partial charge in [0.2, 0.25) is 5.91 Å². The number of carboxylic acids is 1. The fraction of sp³-hybridized carbons (Fsp3) is 0.100. The number of hydrogen-bond donors (Lipinski definition) is 2. The van der Waals surface area contributed by atoms with Crippen molar-refractivity contribution in [3.8, 4) is 5.69 Å². The molecule has 27 heavy (non-hydrogen) atoms. The van der Waals surface area contributed by atoms with E-state index in [2.05, 4.69) is 5.32 Å². The minimum absolute atomic E-state index is 0.0424. The molecule has 0 unspecified atom stereocenters. The molecule has 2 N–H and O–H groups in total. The van der Waals surface area contributed by atoms with Gasteiger partial charge in [-0.15, -0.1) is 0 Å². The first-order valence-electron chi connectivity index (χ1n) is 8.24. The summed E-state index contributed by atoms with van der Waals surface area (Å²) in [4.78, 5) is 23.9. The number of nitrogens with one attached hydrogen (secondary N) is 1. The average Bonchev–Trinajstić information content (AvgIpc) is 3.01. The van der Waals surface area contributed by atoms with Crippen molar-refractivity contribution in [2.75, 3.05) is 5.32 Å². The van der Waals surface area contributed by atoms with Gasteiger partial charge in [-0.25, -0.2) is 13.6 Å². The third kappa shape index (κ3) is 2.97. The second kappa shape index (κ2) is 6.35. The van der Waals surface area contributed by atoms with E-state index in [0.29, 0.717) is 16.9 Å². The predicted molar refractivity (Wildman–Crippen MR) is 94.2 cm³/mol. The van der Waals surface area contributed by atoms with Gasteiger partial charge in [0.1, 0.15) is 17.2 Å². The lowest BCUT2D eigenvalue weighted by Gasteiger charge is -2.26. The molecule has 0 saturated heterocycles. The van der Waals surface area contributed by atoms with Crippen LogP contribution >= 0.6 is 0 Å². The summed E-state index contributed by atoms with van der Waals surface area (Å²) in [6.45, 7) is 0. The SMILES string of the molecule is O=C1C[C@@H](c2cccc(F)c2)c2c(c(C(=O)O)cn2-c2ccc(F)cc2)N1. The van der Waals surface area contributed by atoms with Crippen molar-refractivity contribution in [1.82, 2.24) is 4.57 Å². The Morgan fingerprint density at radius 1 is 1.11 bits per heavy atom. The predicted octanol–water partition coefficient (Wildman–Crippen LogP) is 3.93. The summed E-state index contributed by atoms with van der Waals surface area (Å²) in [7, 11) is 0. The first kappa shape index (κ1) is 17.0. The van der Waals surface area contributed by atoms with E-state index in [4.69, 9.17) is 0 Å². The van der Waals surface area contributed by atoms with Crippen LogP contribution in [0.4, 0.5) is 14.5 Å². The first-order valence-corrected chi connectivity index (χ1v) is 8.24. The van der Waals surface area contributed by atoms with Gasteiger partial charge in [-0.3, -0.25) is 4.79 Å². The molecular weight excluding hydrogens is 354 g/mol. The van der Waals surface area contributed by atoms with Gasteiger partial charge in [0.25, 0.3) is 0 Å². The molecule has 3 aromatic rings. The molecule has 0 fully saturated rings. The Balaban J connectivity index is 1.97. The lowest BCUT2D eigenvalue weighted by Crippen LogP contribution is -2.25. The molecule has 1 amide bonds. The van der Waals surface area contributed by atoms with Crippen molar-refractivity contribution in [3.63, 3.8) is 0 Å². The lowest BCUT2D eigenvalue weighted by atomic mass is 9.88. The summed E-state index contributed by atoms with van der Waals surface area (Å²) in [5.74, 6) is -2.96. The van der Waals surface area contributed by atoms with Crippen molar-refractivity contribution in [3.05, 3.63) is 83.2 Å². The van der Waals surface area contributed by atoms with Gasteiger partial charge in [-0.05, 0) is 42.0 Å². The standard InChI is InChI=1S/C20H14F2N2O3/c21-12-4-6-14(7-5-12)24-10-16(20(26)27)18-19(24)15(9-17(25)23-18)11-2-1-3-13(22)8-11/h1-8,10,15H,9H2,(H,23,25)(H,26,27)/t15-/m0/s1. The Labute approximate surface area is 152 Å². The van der Waals surface area contributed by atoms with Crippen molar-refractivity contribution < 1.29 is 23.5 Å². The van der Waals surface area contributed by atoms with Crippen LogP contribution in [0.3, 0.4) is 0 Å². The number of hydrogen-bond acceptors (Lipinski definition) is 2. The number of amides is 1. The smallest absolute Gasteiger partial charge is 0.339 e. The Hall–Kier alpha value is -3.48. The second-order valence-electron chi connectivity index (χ2n) is 6.31. The summed E-state index contributed by atoms with van der Waals surface area (Å²) in [6, 6.07) is 11.4. The topological polar surface area (TPSA) is 71.3 Å². The van der Waals surface area contributed by atoms with Crippen LogP contribution in [0.15, 0.2) is 54.7 Å². The van der Waals surface area contributed by atoms with E-state index in [1.54, 1.807) is 16.7 Å². The number of benzene rings is 2. The third-order valence-electron chi connectivity index (χ3n) is 4.61. The number of fused-ring (bicyclic) bond motifs is 1. The largest absolute Gasteiger partial charge is 0.478 e. The molecule has 2 aromatic carbocycles. The number of aromatic carboxylic acids is 1. The summed E-state index contributed by atoms with van der Waals surface area (Å²) in [5.41, 5.74) is 1.72. The van der Waals surface area contributed by atoms with Crippen LogP contribution in [0.2, 0.25) is 0 Å². The van der Waals surface area contributed by atoms with Crippen molar-refractivity contribution >= 4 is 17.6 Å². The van der Waals surface area contributed by atoms with Crippen LogP contribution in [-0.2, 0) is 4.79 Å². The maximum Gasteiger partial charge on any atom is 0.339 e. The van der Waals surface area contributed by atoms with Gasteiger partial charge in [-0.2, -0.15) is 0 Å². The molecule has 0 saturated carbocycles. The number of rotatable bonds is 3. The quantitative estimate of drug-likeness (QED) is 0.736. The van der Waals surface area contributed by atoms with E-state index in [1.165, 1.54) is 42.6 Å². The lowest BCUT2D eigenvalue weighted by molar-refractivity contribution is -0.116. The molecule has 4 rings (SSSR count). The van der Waals surface area contributed by atoms with E-state index in [1.807, 2.05) is 0 Å². The average molecular weight is 368 g/mol.